The minimum absolute atomic E-state index is 0.0306. The standard InChI is InChI=1S/C14H12Cl2N2O3/c1-21-14-6-10(3-5-12(14)15)17-8-9-2-4-11(18(19)20)7-13(9)16/h2-7,17H,8H2,1H3. The molecule has 0 fully saturated rings. The smallest absolute Gasteiger partial charge is 0.270 e. The van der Waals surface area contributed by atoms with Gasteiger partial charge in [0.1, 0.15) is 5.75 Å². The molecule has 0 aliphatic heterocycles. The molecule has 0 atom stereocenters. The van der Waals surface area contributed by atoms with Crippen LogP contribution in [0.15, 0.2) is 36.4 Å². The van der Waals surface area contributed by atoms with Crippen LogP contribution in [0.3, 0.4) is 0 Å². The van der Waals surface area contributed by atoms with Crippen LogP contribution in [0, 0.1) is 10.1 Å². The first-order valence-corrected chi connectivity index (χ1v) is 6.77. The van der Waals surface area contributed by atoms with Crippen LogP contribution in [-0.4, -0.2) is 12.0 Å². The Balaban J connectivity index is 2.11. The van der Waals surface area contributed by atoms with Gasteiger partial charge in [0.05, 0.1) is 22.1 Å². The second-order valence-corrected chi connectivity index (χ2v) is 5.05. The second-order valence-electron chi connectivity index (χ2n) is 4.24. The van der Waals surface area contributed by atoms with Crippen LogP contribution in [0.5, 0.6) is 5.75 Å². The highest BCUT2D eigenvalue weighted by Gasteiger charge is 2.09. The molecule has 0 aromatic heterocycles. The number of hydrogen-bond acceptors (Lipinski definition) is 4. The molecule has 0 spiro atoms. The monoisotopic (exact) mass is 326 g/mol. The lowest BCUT2D eigenvalue weighted by molar-refractivity contribution is -0.384. The van der Waals surface area contributed by atoms with Crippen LogP contribution in [-0.2, 0) is 6.54 Å². The van der Waals surface area contributed by atoms with Crippen molar-refractivity contribution in [1.29, 1.82) is 0 Å². The summed E-state index contributed by atoms with van der Waals surface area (Å²) in [6, 6.07) is 9.68. The average molecular weight is 327 g/mol. The van der Waals surface area contributed by atoms with E-state index in [2.05, 4.69) is 5.32 Å². The van der Waals surface area contributed by atoms with E-state index in [4.69, 9.17) is 27.9 Å². The number of ether oxygens (including phenoxy) is 1. The molecule has 0 amide bonds. The summed E-state index contributed by atoms with van der Waals surface area (Å²) in [6.07, 6.45) is 0. The van der Waals surface area contributed by atoms with Crippen molar-refractivity contribution in [1.82, 2.24) is 0 Å². The molecule has 0 bridgehead atoms. The van der Waals surface area contributed by atoms with Crippen molar-refractivity contribution in [2.75, 3.05) is 12.4 Å². The van der Waals surface area contributed by atoms with Gasteiger partial charge in [-0.05, 0) is 23.8 Å². The zero-order chi connectivity index (χ0) is 15.4. The van der Waals surface area contributed by atoms with Crippen molar-refractivity contribution < 1.29 is 9.66 Å². The third kappa shape index (κ3) is 3.77. The molecule has 2 rings (SSSR count). The Hall–Kier alpha value is -1.98. The van der Waals surface area contributed by atoms with Crippen molar-refractivity contribution >= 4 is 34.6 Å². The number of nitrogens with one attached hydrogen (secondary N) is 1. The van der Waals surface area contributed by atoms with E-state index in [1.165, 1.54) is 19.2 Å². The molecule has 7 heteroatoms. The molecular formula is C14H12Cl2N2O3. The number of anilines is 1. The Morgan fingerprint density at radius 3 is 2.57 bits per heavy atom. The molecule has 110 valence electrons. The molecule has 0 aliphatic carbocycles. The van der Waals surface area contributed by atoms with Crippen molar-refractivity contribution in [3.05, 3.63) is 62.1 Å². The highest BCUT2D eigenvalue weighted by molar-refractivity contribution is 6.32. The number of benzene rings is 2. The normalized spacial score (nSPS) is 10.2. The molecule has 21 heavy (non-hydrogen) atoms. The summed E-state index contributed by atoms with van der Waals surface area (Å²) in [5, 5.41) is 14.7. The molecule has 0 saturated heterocycles. The zero-order valence-corrected chi connectivity index (χ0v) is 12.6. The molecule has 0 unspecified atom stereocenters. The predicted octanol–water partition coefficient (Wildman–Crippen LogP) is 4.52. The van der Waals surface area contributed by atoms with Crippen molar-refractivity contribution in [3.63, 3.8) is 0 Å². The Kier molecular flexibility index (Phi) is 4.88. The van der Waals surface area contributed by atoms with Gasteiger partial charge in [0.25, 0.3) is 5.69 Å². The minimum atomic E-state index is -0.479. The Morgan fingerprint density at radius 2 is 1.95 bits per heavy atom. The van der Waals surface area contributed by atoms with Gasteiger partial charge in [-0.3, -0.25) is 10.1 Å². The van der Waals surface area contributed by atoms with E-state index in [1.54, 1.807) is 18.2 Å². The van der Waals surface area contributed by atoms with Gasteiger partial charge in [0.2, 0.25) is 0 Å². The van der Waals surface area contributed by atoms with Gasteiger partial charge >= 0.3 is 0 Å². The Morgan fingerprint density at radius 1 is 1.19 bits per heavy atom. The number of nitro benzene ring substituents is 1. The van der Waals surface area contributed by atoms with Crippen LogP contribution in [0.1, 0.15) is 5.56 Å². The van der Waals surface area contributed by atoms with Crippen LogP contribution in [0.4, 0.5) is 11.4 Å². The molecule has 5 nitrogen and oxygen atoms in total. The largest absolute Gasteiger partial charge is 0.495 e. The summed E-state index contributed by atoms with van der Waals surface area (Å²) in [5.74, 6) is 0.566. The van der Waals surface area contributed by atoms with E-state index < -0.39 is 4.92 Å². The van der Waals surface area contributed by atoms with E-state index in [-0.39, 0.29) is 5.69 Å². The van der Waals surface area contributed by atoms with Gasteiger partial charge in [-0.1, -0.05) is 23.2 Å². The molecule has 0 saturated carbocycles. The Bertz CT molecular complexity index is 677. The van der Waals surface area contributed by atoms with E-state index in [0.717, 1.165) is 11.3 Å². The molecule has 1 N–H and O–H groups in total. The van der Waals surface area contributed by atoms with Crippen molar-refractivity contribution in [3.8, 4) is 5.75 Å². The third-order valence-electron chi connectivity index (χ3n) is 2.88. The molecule has 0 aliphatic rings. The number of non-ortho nitro benzene ring substituents is 1. The maximum absolute atomic E-state index is 10.7. The fourth-order valence-corrected chi connectivity index (χ4v) is 2.20. The number of nitrogens with zero attached hydrogens (tertiary/aromatic N) is 1. The predicted molar refractivity (Wildman–Crippen MR) is 83.4 cm³/mol. The molecule has 2 aromatic carbocycles. The Labute approximate surface area is 131 Å². The van der Waals surface area contributed by atoms with E-state index >= 15 is 0 Å². The summed E-state index contributed by atoms with van der Waals surface area (Å²) < 4.78 is 5.13. The number of nitro groups is 1. The van der Waals surface area contributed by atoms with Crippen LogP contribution in [0.25, 0.3) is 0 Å². The van der Waals surface area contributed by atoms with Crippen LogP contribution in [0.2, 0.25) is 10.0 Å². The third-order valence-corrected chi connectivity index (χ3v) is 3.55. The molecule has 0 heterocycles. The van der Waals surface area contributed by atoms with Crippen LogP contribution >= 0.6 is 23.2 Å². The van der Waals surface area contributed by atoms with E-state index in [9.17, 15) is 10.1 Å². The number of hydrogen-bond donors (Lipinski definition) is 1. The maximum atomic E-state index is 10.7. The topological polar surface area (TPSA) is 64.4 Å². The van der Waals surface area contributed by atoms with E-state index in [0.29, 0.717) is 22.3 Å². The highest BCUT2D eigenvalue weighted by Crippen LogP contribution is 2.28. The summed E-state index contributed by atoms with van der Waals surface area (Å²) in [7, 11) is 1.54. The number of rotatable bonds is 5. The lowest BCUT2D eigenvalue weighted by Crippen LogP contribution is -2.01. The van der Waals surface area contributed by atoms with E-state index in [1.807, 2.05) is 6.07 Å². The van der Waals surface area contributed by atoms with Gasteiger partial charge in [-0.2, -0.15) is 0 Å². The summed E-state index contributed by atoms with van der Waals surface area (Å²) in [5.41, 5.74) is 1.54. The fourth-order valence-electron chi connectivity index (χ4n) is 1.76. The van der Waals surface area contributed by atoms with Crippen LogP contribution < -0.4 is 10.1 Å². The van der Waals surface area contributed by atoms with Gasteiger partial charge in [0, 0.05) is 30.4 Å². The molecule has 2 aromatic rings. The number of methoxy groups -OCH3 is 1. The second kappa shape index (κ2) is 6.65. The van der Waals surface area contributed by atoms with Gasteiger partial charge in [-0.25, -0.2) is 0 Å². The minimum Gasteiger partial charge on any atom is -0.495 e. The zero-order valence-electron chi connectivity index (χ0n) is 11.1. The lowest BCUT2D eigenvalue weighted by atomic mass is 10.2. The van der Waals surface area contributed by atoms with Gasteiger partial charge < -0.3 is 10.1 Å². The first-order valence-electron chi connectivity index (χ1n) is 6.01. The van der Waals surface area contributed by atoms with Crippen molar-refractivity contribution in [2.24, 2.45) is 0 Å². The quantitative estimate of drug-likeness (QED) is 0.648. The fraction of sp³-hybridized carbons (Fsp3) is 0.143. The molecule has 0 radical (unpaired) electrons. The summed E-state index contributed by atoms with van der Waals surface area (Å²) in [6.45, 7) is 0.432. The SMILES string of the molecule is COc1cc(NCc2ccc([N+](=O)[O-])cc2Cl)ccc1Cl. The van der Waals surface area contributed by atoms with Crippen molar-refractivity contribution in [2.45, 2.75) is 6.54 Å². The summed E-state index contributed by atoms with van der Waals surface area (Å²) in [4.78, 5) is 10.2. The molecular weight excluding hydrogens is 315 g/mol. The van der Waals surface area contributed by atoms with Gasteiger partial charge in [0.15, 0.2) is 0 Å². The maximum Gasteiger partial charge on any atom is 0.270 e. The first kappa shape index (κ1) is 15.4. The number of halogens is 2. The summed E-state index contributed by atoms with van der Waals surface area (Å²) >= 11 is 12.0. The highest BCUT2D eigenvalue weighted by atomic mass is 35.5. The van der Waals surface area contributed by atoms with Gasteiger partial charge in [-0.15, -0.1) is 0 Å². The lowest BCUT2D eigenvalue weighted by Gasteiger charge is -2.10. The first-order chi connectivity index (χ1) is 10.0. The average Bonchev–Trinajstić information content (AvgIpc) is 2.47.